The van der Waals surface area contributed by atoms with Crippen molar-refractivity contribution in [1.29, 1.82) is 0 Å². The van der Waals surface area contributed by atoms with E-state index in [4.69, 9.17) is 0 Å². The fraction of sp³-hybridized carbons (Fsp3) is 0.0588. The number of hydrogen-bond donors (Lipinski definition) is 0. The van der Waals surface area contributed by atoms with Gasteiger partial charge >= 0.3 is 0 Å². The van der Waals surface area contributed by atoms with Gasteiger partial charge in [-0.15, -0.1) is 11.8 Å². The minimum absolute atomic E-state index is 0.867. The van der Waals surface area contributed by atoms with Crippen molar-refractivity contribution in [2.75, 3.05) is 6.26 Å². The Bertz CT molecular complexity index is 550. The van der Waals surface area contributed by atoms with Crippen LogP contribution < -0.4 is 0 Å². The van der Waals surface area contributed by atoms with Crippen LogP contribution in [-0.2, 0) is 0 Å². The van der Waals surface area contributed by atoms with Gasteiger partial charge in [0.15, 0.2) is 0 Å². The lowest BCUT2D eigenvalue weighted by atomic mass is 10.00. The molecule has 0 fully saturated rings. The summed E-state index contributed by atoms with van der Waals surface area (Å²) in [6.45, 7) is 11.5. The zero-order valence-corrected chi connectivity index (χ0v) is 13.4. The van der Waals surface area contributed by atoms with Crippen LogP contribution in [0.3, 0.4) is 0 Å². The summed E-state index contributed by atoms with van der Waals surface area (Å²) in [6.07, 6.45) is 11.7. The average Bonchev–Trinajstić information content (AvgIpc) is 2.42. The molecular weight excluding hydrogens is 316 g/mol. The fourth-order valence-electron chi connectivity index (χ4n) is 1.73. The number of thioether (sulfide) groups is 1. The molecule has 0 bridgehead atoms. The Morgan fingerprint density at radius 2 is 1.89 bits per heavy atom. The quantitative estimate of drug-likeness (QED) is 0.563. The Balaban J connectivity index is 3.39. The van der Waals surface area contributed by atoms with Gasteiger partial charge in [0.2, 0.25) is 0 Å². The van der Waals surface area contributed by atoms with Crippen LogP contribution in [0.2, 0.25) is 0 Å². The lowest BCUT2D eigenvalue weighted by Crippen LogP contribution is -1.91. The predicted octanol–water partition coefficient (Wildman–Crippen LogP) is 6.14. The number of rotatable bonds is 6. The van der Waals surface area contributed by atoms with Crippen LogP contribution in [0.5, 0.6) is 0 Å². The summed E-state index contributed by atoms with van der Waals surface area (Å²) in [4.78, 5) is 1.18. The summed E-state index contributed by atoms with van der Waals surface area (Å²) in [7, 11) is 0. The Kier molecular flexibility index (Phi) is 6.68. The smallest absolute Gasteiger partial charge is 0.0182 e. The van der Waals surface area contributed by atoms with E-state index in [-0.39, 0.29) is 0 Å². The van der Waals surface area contributed by atoms with Gasteiger partial charge in [0.25, 0.3) is 0 Å². The molecule has 0 aromatic heterocycles. The third-order valence-corrected chi connectivity index (χ3v) is 3.81. The first kappa shape index (κ1) is 15.8. The Morgan fingerprint density at radius 1 is 1.21 bits per heavy atom. The molecule has 0 nitrogen and oxygen atoms in total. The van der Waals surface area contributed by atoms with Gasteiger partial charge in [0, 0.05) is 9.39 Å². The van der Waals surface area contributed by atoms with Gasteiger partial charge in [-0.05, 0) is 29.0 Å². The Hall–Kier alpha value is -1.25. The highest BCUT2D eigenvalue weighted by Crippen LogP contribution is 2.34. The first-order valence-electron chi connectivity index (χ1n) is 5.79. The van der Waals surface area contributed by atoms with Crippen molar-refractivity contribution in [3.8, 4) is 0 Å². The van der Waals surface area contributed by atoms with Crippen molar-refractivity contribution in [2.45, 2.75) is 0 Å². The standard InChI is InChI=1S/C17H17BrS/c1-5-7-8-12-17(19-4)16-11-9-10-15(13(3)18)14(16)6-2/h5-12H,1-3H2,4H3/b8-7-,17-12-. The van der Waals surface area contributed by atoms with Crippen molar-refractivity contribution < 1.29 is 0 Å². The molecule has 1 rings (SSSR count). The van der Waals surface area contributed by atoms with Gasteiger partial charge in [-0.3, -0.25) is 0 Å². The molecular formula is C17H17BrS. The number of halogens is 1. The highest BCUT2D eigenvalue weighted by Gasteiger charge is 2.09. The molecule has 0 unspecified atom stereocenters. The second-order valence-corrected chi connectivity index (χ2v) is 5.54. The Labute approximate surface area is 128 Å². The van der Waals surface area contributed by atoms with Crippen molar-refractivity contribution in [3.05, 3.63) is 78.9 Å². The second-order valence-electron chi connectivity index (χ2n) is 3.73. The lowest BCUT2D eigenvalue weighted by molar-refractivity contribution is 1.56. The summed E-state index contributed by atoms with van der Waals surface area (Å²) >= 11 is 5.15. The average molecular weight is 333 g/mol. The van der Waals surface area contributed by atoms with Crippen LogP contribution in [0.1, 0.15) is 16.7 Å². The number of hydrogen-bond acceptors (Lipinski definition) is 1. The summed E-state index contributed by atoms with van der Waals surface area (Å²) in [5.41, 5.74) is 3.33. The number of allylic oxidation sites excluding steroid dienone is 4. The molecule has 0 radical (unpaired) electrons. The number of benzene rings is 1. The molecule has 0 aliphatic carbocycles. The SMILES string of the molecule is C=C/C=C\C=C(/SC)c1cccc(C(=C)Br)c1C=C. The first-order chi connectivity index (χ1) is 9.15. The van der Waals surface area contributed by atoms with Gasteiger partial charge in [0.05, 0.1) is 0 Å². The maximum absolute atomic E-state index is 3.95. The summed E-state index contributed by atoms with van der Waals surface area (Å²) < 4.78 is 0.867. The maximum Gasteiger partial charge on any atom is 0.0182 e. The lowest BCUT2D eigenvalue weighted by Gasteiger charge is -2.12. The highest BCUT2D eigenvalue weighted by molar-refractivity contribution is 9.15. The third kappa shape index (κ3) is 4.12. The maximum atomic E-state index is 3.95. The molecule has 0 spiro atoms. The van der Waals surface area contributed by atoms with Crippen LogP contribution in [-0.4, -0.2) is 6.26 Å². The van der Waals surface area contributed by atoms with E-state index >= 15 is 0 Å². The summed E-state index contributed by atoms with van der Waals surface area (Å²) in [5.74, 6) is 0. The van der Waals surface area contributed by atoms with E-state index in [1.165, 1.54) is 4.91 Å². The molecule has 1 aromatic carbocycles. The van der Waals surface area contributed by atoms with Crippen LogP contribution >= 0.6 is 27.7 Å². The molecule has 0 saturated heterocycles. The van der Waals surface area contributed by atoms with Crippen LogP contribution in [0, 0.1) is 0 Å². The van der Waals surface area contributed by atoms with Gasteiger partial charge < -0.3 is 0 Å². The van der Waals surface area contributed by atoms with E-state index in [2.05, 4.69) is 54.1 Å². The molecule has 0 amide bonds. The minimum Gasteiger partial charge on any atom is -0.129 e. The predicted molar refractivity (Wildman–Crippen MR) is 95.3 cm³/mol. The van der Waals surface area contributed by atoms with Gasteiger partial charge in [-0.25, -0.2) is 0 Å². The molecule has 0 aliphatic rings. The zero-order valence-electron chi connectivity index (χ0n) is 11.0. The summed E-state index contributed by atoms with van der Waals surface area (Å²) in [6, 6.07) is 6.17. The molecule has 2 heteroatoms. The molecule has 0 atom stereocenters. The topological polar surface area (TPSA) is 0 Å². The molecule has 0 saturated carbocycles. The third-order valence-electron chi connectivity index (χ3n) is 2.58. The largest absolute Gasteiger partial charge is 0.129 e. The van der Waals surface area contributed by atoms with E-state index in [9.17, 15) is 0 Å². The van der Waals surface area contributed by atoms with E-state index in [0.717, 1.165) is 21.2 Å². The first-order valence-corrected chi connectivity index (χ1v) is 7.81. The molecule has 0 aliphatic heterocycles. The fourth-order valence-corrected chi connectivity index (χ4v) is 2.68. The normalized spacial score (nSPS) is 11.6. The van der Waals surface area contributed by atoms with Crippen LogP contribution in [0.25, 0.3) is 15.5 Å². The van der Waals surface area contributed by atoms with Crippen molar-refractivity contribution in [3.63, 3.8) is 0 Å². The van der Waals surface area contributed by atoms with E-state index in [1.54, 1.807) is 17.8 Å². The highest BCUT2D eigenvalue weighted by atomic mass is 79.9. The summed E-state index contributed by atoms with van der Waals surface area (Å²) in [5, 5.41) is 0. The van der Waals surface area contributed by atoms with Crippen LogP contribution in [0.4, 0.5) is 0 Å². The van der Waals surface area contributed by atoms with E-state index in [1.807, 2.05) is 30.4 Å². The van der Waals surface area contributed by atoms with Crippen molar-refractivity contribution in [1.82, 2.24) is 0 Å². The molecule has 0 N–H and O–H groups in total. The molecule has 19 heavy (non-hydrogen) atoms. The molecule has 0 heterocycles. The van der Waals surface area contributed by atoms with Crippen LogP contribution in [0.15, 0.2) is 62.2 Å². The second kappa shape index (κ2) is 8.03. The van der Waals surface area contributed by atoms with Crippen molar-refractivity contribution >= 4 is 43.2 Å². The molecule has 1 aromatic rings. The minimum atomic E-state index is 0.867. The van der Waals surface area contributed by atoms with Gasteiger partial charge in [-0.2, -0.15) is 0 Å². The molecule has 98 valence electrons. The monoisotopic (exact) mass is 332 g/mol. The van der Waals surface area contributed by atoms with Crippen molar-refractivity contribution in [2.24, 2.45) is 0 Å². The van der Waals surface area contributed by atoms with Gasteiger partial charge in [0.1, 0.15) is 0 Å². The van der Waals surface area contributed by atoms with Gasteiger partial charge in [-0.1, -0.05) is 78.2 Å². The Morgan fingerprint density at radius 3 is 2.42 bits per heavy atom. The zero-order chi connectivity index (χ0) is 14.3. The van der Waals surface area contributed by atoms with E-state index in [0.29, 0.717) is 0 Å². The van der Waals surface area contributed by atoms with E-state index < -0.39 is 0 Å².